The van der Waals surface area contributed by atoms with Crippen LogP contribution in [0.1, 0.15) is 174 Å². The Balaban J connectivity index is 1.40. The van der Waals surface area contributed by atoms with E-state index in [4.69, 9.17) is 22.9 Å². The summed E-state index contributed by atoms with van der Waals surface area (Å²) in [6, 6.07) is 0.163. The van der Waals surface area contributed by atoms with Gasteiger partial charge >= 0.3 is 17.9 Å². The maximum Gasteiger partial charge on any atom is 0.305 e. The smallest absolute Gasteiger partial charge is 0.305 e. The predicted molar refractivity (Wildman–Crippen MR) is 544 cm³/mol. The Morgan fingerprint density at radius 3 is 1.11 bits per heavy atom. The van der Waals surface area contributed by atoms with Crippen LogP contribution in [0.25, 0.3) is 0 Å². The molecule has 150 heavy (non-hydrogen) atoms. The Bertz CT molecular complexity index is 5420. The van der Waals surface area contributed by atoms with Crippen molar-refractivity contribution in [2.45, 2.75) is 281 Å². The van der Waals surface area contributed by atoms with Gasteiger partial charge in [0.25, 0.3) is 0 Å². The van der Waals surface area contributed by atoms with Gasteiger partial charge in [-0.15, -0.1) is 0 Å². The highest BCUT2D eigenvalue weighted by Gasteiger charge is 2.41. The fraction of sp³-hybridized carbons (Fsp3) is 0.505. The molecule has 0 fully saturated rings. The Morgan fingerprint density at radius 1 is 0.360 bits per heavy atom. The molecule has 19 amide bonds. The van der Waals surface area contributed by atoms with Crippen LogP contribution in [-0.4, -0.2) is 287 Å². The molecule has 0 aliphatic heterocycles. The van der Waals surface area contributed by atoms with Crippen molar-refractivity contribution in [2.75, 3.05) is 18.8 Å². The van der Waals surface area contributed by atoms with E-state index in [1.54, 1.807) is 95.3 Å². The Kier molecular flexibility index (Phi) is 53.0. The number of carboxylic acids is 3. The average molecular weight is 2120 g/mol. The largest absolute Gasteiger partial charge is 0.508 e. The highest BCUT2D eigenvalue weighted by molar-refractivity contribution is 7.80. The zero-order valence-corrected chi connectivity index (χ0v) is 85.8. The second-order valence-electron chi connectivity index (χ2n) is 36.9. The van der Waals surface area contributed by atoms with Gasteiger partial charge in [0.05, 0.1) is 31.0 Å². The molecule has 0 radical (unpaired) electrons. The maximum absolute atomic E-state index is 15.2. The van der Waals surface area contributed by atoms with Gasteiger partial charge in [-0.2, -0.15) is 12.6 Å². The van der Waals surface area contributed by atoms with Gasteiger partial charge in [-0.25, -0.2) is 4.98 Å². The third-order valence-electron chi connectivity index (χ3n) is 24.0. The van der Waals surface area contributed by atoms with Gasteiger partial charge in [0.2, 0.25) is 112 Å². The molecule has 31 N–H and O–H groups in total. The number of thiol groups is 1. The first-order valence-corrected chi connectivity index (χ1v) is 49.6. The molecular weight excluding hydrogens is 1980 g/mol. The Labute approximate surface area is 871 Å². The van der Waals surface area contributed by atoms with Gasteiger partial charge in [-0.05, 0) is 137 Å². The first kappa shape index (κ1) is 125. The quantitative estimate of drug-likeness (QED) is 0.0129. The van der Waals surface area contributed by atoms with Gasteiger partial charge in [-0.3, -0.25) is 105 Å². The van der Waals surface area contributed by atoms with Crippen molar-refractivity contribution < 1.29 is 131 Å². The van der Waals surface area contributed by atoms with E-state index in [0.29, 0.717) is 17.5 Å². The zero-order valence-electron chi connectivity index (χ0n) is 84.9. The molecule has 0 saturated carbocycles. The van der Waals surface area contributed by atoms with Crippen molar-refractivity contribution in [3.63, 3.8) is 0 Å². The number of benzene rings is 4. The number of phenols is 2. The van der Waals surface area contributed by atoms with Gasteiger partial charge in [0, 0.05) is 63.3 Å². The molecule has 0 aliphatic rings. The topological polar surface area (TPSA) is 814 Å². The van der Waals surface area contributed by atoms with E-state index >= 15 is 19.2 Å². The van der Waals surface area contributed by atoms with Crippen molar-refractivity contribution in [3.8, 4) is 11.5 Å². The van der Waals surface area contributed by atoms with E-state index in [2.05, 4.69) is 113 Å². The number of aromatic nitrogens is 2. The van der Waals surface area contributed by atoms with Gasteiger partial charge in [0.1, 0.15) is 108 Å². The standard InChI is InChI=1S/C99H141N23O27S/c1-10-52(5)81(98(148)113-67(35-38-79(129)130)89(139)117-71(43-59-25-29-62(123)30-26-59)94(144)118-72(44-60-27-31-63(124)32-28-60)93(143)116-70(42-58-22-16-13-17-23-58)87(137)105-48-77(126)109-74(46-80(131)132)96(146)114-68(83(103)133)41-57-20-14-12-15-21-57)122-91(141)65(33-36-76(102)125)111-95(145)73(45-61-47-104-50-106-61)119-97(147)75(49-150)120-99(149)82(53(6)11-2)121-90(140)64(24-18-19-39-100)110-85(135)56(9)108-88(138)66(34-37-78(127)128)112-92(142)69(40-51(3)4)115-86(136)55(8)107-84(134)54(7)101/h12-17,20-23,25-32,47,50-56,64-75,81-82,123-124,150H,10-11,18-19,24,33-46,48-49,100-101H2,1-9H3,(H2,102,125)(H2,103,133)(H,104,106)(H,105,137)(H,107,134)(H,108,138)(H,109,126)(H,110,135)(H,111,145)(H,112,142)(H,113,148)(H,114,146)(H,115,136)(H,116,143)(H,117,139)(H,118,144)(H,119,147)(H,120,149)(H,121,140)(H,122,141)(H,127,128)(H,129,130)(H,131,132)/t52-,53-,54-,55-,56-,64-,65-,66-,67-,68-,69-,70-,71-,72-,73-,74-,75-,81-,82-/m0/s1. The lowest BCUT2D eigenvalue weighted by Crippen LogP contribution is -2.62. The number of nitrogens with two attached hydrogens (primary N) is 4. The van der Waals surface area contributed by atoms with Gasteiger partial charge in [0.15, 0.2) is 0 Å². The molecule has 0 spiro atoms. The molecule has 820 valence electrons. The van der Waals surface area contributed by atoms with Crippen molar-refractivity contribution in [1.82, 2.24) is 100 Å². The summed E-state index contributed by atoms with van der Waals surface area (Å²) >= 11 is 4.36. The summed E-state index contributed by atoms with van der Waals surface area (Å²) in [5, 5.41) is 92.5. The Morgan fingerprint density at radius 2 is 0.707 bits per heavy atom. The number of carbonyl (C=O) groups excluding carboxylic acids is 19. The van der Waals surface area contributed by atoms with Crippen LogP contribution in [0.4, 0.5) is 0 Å². The van der Waals surface area contributed by atoms with Crippen LogP contribution >= 0.6 is 12.6 Å². The highest BCUT2D eigenvalue weighted by Crippen LogP contribution is 2.21. The van der Waals surface area contributed by atoms with Crippen molar-refractivity contribution >= 4 is 143 Å². The summed E-state index contributed by atoms with van der Waals surface area (Å²) in [6.45, 7) is 13.0. The minimum Gasteiger partial charge on any atom is -0.508 e. The van der Waals surface area contributed by atoms with E-state index in [-0.39, 0.29) is 85.7 Å². The van der Waals surface area contributed by atoms with Crippen LogP contribution in [0.3, 0.4) is 0 Å². The van der Waals surface area contributed by atoms with Crippen LogP contribution in [-0.2, 0) is 138 Å². The molecule has 0 aliphatic carbocycles. The highest BCUT2D eigenvalue weighted by atomic mass is 32.1. The van der Waals surface area contributed by atoms with Crippen LogP contribution in [0.15, 0.2) is 122 Å². The number of hydrogen-bond acceptors (Lipinski definition) is 28. The molecular formula is C99H141N23O27S. The minimum atomic E-state index is -1.92. The molecule has 0 bridgehead atoms. The Hall–Kier alpha value is -15.7. The number of aromatic amines is 1. The van der Waals surface area contributed by atoms with E-state index in [0.717, 1.165) is 0 Å². The third-order valence-corrected chi connectivity index (χ3v) is 24.4. The number of H-pyrrole nitrogens is 1. The SMILES string of the molecule is CC[C@H](C)[C@H](NC(=O)[C@H](CCCCN)NC(=O)[C@H](C)NC(=O)[C@H](CCC(=O)O)NC(=O)[C@H](CC(C)C)NC(=O)[C@H](C)NC(=O)[C@H](C)N)C(=O)N[C@@H](CS)C(=O)N[C@@H](Cc1c[nH]cn1)C(=O)N[C@@H](CCC(N)=O)C(=O)N[C@H](C(=O)N[C@@H](CCC(=O)O)C(=O)N[C@@H](Cc1ccc(O)cc1)C(=O)N[C@@H](Cc1ccc(O)cc1)C(=O)N[C@@H](Cc1ccccc1)C(=O)NCC(=O)N[C@@H](CC(=O)O)C(=O)N[C@@H](Cc1ccccc1)C(N)=O)[C@@H](C)CC. The first-order chi connectivity index (χ1) is 70.9. The molecule has 0 unspecified atom stereocenters. The fourth-order valence-electron chi connectivity index (χ4n) is 15.0. The van der Waals surface area contributed by atoms with Gasteiger partial charge in [-0.1, -0.05) is 139 Å². The van der Waals surface area contributed by atoms with E-state index in [9.17, 15) is 112 Å². The number of carbonyl (C=O) groups is 22. The van der Waals surface area contributed by atoms with Gasteiger partial charge < -0.3 is 144 Å². The van der Waals surface area contributed by atoms with E-state index in [1.165, 1.54) is 88.8 Å². The van der Waals surface area contributed by atoms with E-state index < -0.39 is 321 Å². The first-order valence-electron chi connectivity index (χ1n) is 49.0. The lowest BCUT2D eigenvalue weighted by molar-refractivity contribution is -0.141. The number of nitrogens with zero attached hydrogens (tertiary/aromatic N) is 1. The second-order valence-corrected chi connectivity index (χ2v) is 37.2. The average Bonchev–Trinajstić information content (AvgIpc) is 0.915. The number of primary amides is 2. The summed E-state index contributed by atoms with van der Waals surface area (Å²) in [4.78, 5) is 311. The predicted octanol–water partition coefficient (Wildman–Crippen LogP) is -4.25. The molecule has 1 aromatic heterocycles. The molecule has 0 saturated heterocycles. The number of unbranched alkanes of at least 4 members (excludes halogenated alkanes) is 1. The molecule has 5 rings (SSSR count). The summed E-state index contributed by atoms with van der Waals surface area (Å²) in [5.41, 5.74) is 24.3. The summed E-state index contributed by atoms with van der Waals surface area (Å²) in [6.07, 6.45) is -3.35. The number of nitrogens with one attached hydrogen (secondary N) is 18. The summed E-state index contributed by atoms with van der Waals surface area (Å²) < 4.78 is 0. The van der Waals surface area contributed by atoms with Crippen LogP contribution < -0.4 is 113 Å². The number of phenolic OH excluding ortho intramolecular Hbond substituents is 2. The maximum atomic E-state index is 15.2. The normalized spacial score (nSPS) is 14.9. The zero-order chi connectivity index (χ0) is 112. The molecule has 4 aromatic carbocycles. The number of amides is 19. The number of aliphatic carboxylic acids is 3. The molecule has 5 aromatic rings. The molecule has 1 heterocycles. The van der Waals surface area contributed by atoms with Crippen molar-refractivity contribution in [1.29, 1.82) is 0 Å². The van der Waals surface area contributed by atoms with Crippen LogP contribution in [0.2, 0.25) is 0 Å². The summed E-state index contributed by atoms with van der Waals surface area (Å²) in [7, 11) is 0. The van der Waals surface area contributed by atoms with Crippen LogP contribution in [0, 0.1) is 17.8 Å². The number of rotatable bonds is 67. The van der Waals surface area contributed by atoms with Crippen LogP contribution in [0.5, 0.6) is 11.5 Å². The fourth-order valence-corrected chi connectivity index (χ4v) is 15.3. The van der Waals surface area contributed by atoms with Crippen molar-refractivity contribution in [3.05, 3.63) is 150 Å². The molecule has 50 nitrogen and oxygen atoms in total. The van der Waals surface area contributed by atoms with Crippen molar-refractivity contribution in [2.24, 2.45) is 40.7 Å². The number of aromatic hydroxyl groups is 2. The molecule has 19 atom stereocenters. The summed E-state index contributed by atoms with van der Waals surface area (Å²) in [5.74, 6) is -26.8. The number of hydrogen-bond donors (Lipinski definition) is 28. The minimum absolute atomic E-state index is 0.0130. The lowest BCUT2D eigenvalue weighted by atomic mass is 9.96. The number of imidazole rings is 1. The second kappa shape index (κ2) is 63.8. The third kappa shape index (κ3) is 44.5. The monoisotopic (exact) mass is 2120 g/mol. The lowest BCUT2D eigenvalue weighted by Gasteiger charge is -2.30. The van der Waals surface area contributed by atoms with E-state index in [1.807, 2.05) is 0 Å². The number of carboxylic acid groups (broad SMARTS) is 3. The molecule has 51 heteroatoms.